The second-order valence-electron chi connectivity index (χ2n) is 5.45. The highest BCUT2D eigenvalue weighted by Crippen LogP contribution is 2.34. The summed E-state index contributed by atoms with van der Waals surface area (Å²) in [4.78, 5) is 11.6. The van der Waals surface area contributed by atoms with Gasteiger partial charge < -0.3 is 16.2 Å². The topological polar surface area (TPSA) is 104 Å². The van der Waals surface area contributed by atoms with E-state index in [0.29, 0.717) is 40.6 Å². The van der Waals surface area contributed by atoms with Crippen LogP contribution in [0.3, 0.4) is 0 Å². The van der Waals surface area contributed by atoms with Gasteiger partial charge in [0.1, 0.15) is 5.52 Å². The third kappa shape index (κ3) is 2.89. The molecule has 2 aromatic carbocycles. The summed E-state index contributed by atoms with van der Waals surface area (Å²) < 4.78 is 19.7. The molecule has 25 heavy (non-hydrogen) atoms. The normalized spacial score (nSPS) is 10.8. The number of primary amides is 1. The molecule has 0 radical (unpaired) electrons. The lowest BCUT2D eigenvalue weighted by atomic mass is 9.97. The fraction of sp³-hybridized carbons (Fsp3) is 0.167. The quantitative estimate of drug-likeness (QED) is 0.740. The molecule has 0 aliphatic carbocycles. The van der Waals surface area contributed by atoms with Gasteiger partial charge in [0, 0.05) is 16.5 Å². The van der Waals surface area contributed by atoms with Crippen LogP contribution in [0.1, 0.15) is 16.1 Å². The zero-order valence-electron chi connectivity index (χ0n) is 13.6. The highest BCUT2D eigenvalue weighted by Gasteiger charge is 2.19. The molecule has 3 rings (SSSR count). The van der Waals surface area contributed by atoms with E-state index in [1.54, 1.807) is 36.4 Å². The maximum atomic E-state index is 14.7. The third-order valence-electron chi connectivity index (χ3n) is 4.00. The Labute approximate surface area is 143 Å². The van der Waals surface area contributed by atoms with Gasteiger partial charge in [-0.15, -0.1) is 10.2 Å². The number of amides is 1. The predicted molar refractivity (Wildman–Crippen MR) is 92.8 cm³/mol. The van der Waals surface area contributed by atoms with E-state index in [-0.39, 0.29) is 11.4 Å². The fourth-order valence-electron chi connectivity index (χ4n) is 2.87. The van der Waals surface area contributed by atoms with E-state index in [9.17, 15) is 9.18 Å². The van der Waals surface area contributed by atoms with Crippen LogP contribution in [-0.2, 0) is 6.42 Å². The Bertz CT molecular complexity index is 959. The lowest BCUT2D eigenvalue weighted by molar-refractivity contribution is 0.0994. The Hall–Kier alpha value is -3.06. The lowest BCUT2D eigenvalue weighted by Crippen LogP contribution is -2.19. The number of fused-ring (bicyclic) bond motifs is 1. The summed E-state index contributed by atoms with van der Waals surface area (Å²) in [7, 11) is 1.41. The van der Waals surface area contributed by atoms with Gasteiger partial charge in [-0.2, -0.15) is 0 Å². The lowest BCUT2D eigenvalue weighted by Gasteiger charge is -2.13. The van der Waals surface area contributed by atoms with Crippen LogP contribution in [0.2, 0.25) is 0 Å². The average molecular weight is 340 g/mol. The van der Waals surface area contributed by atoms with E-state index in [4.69, 9.17) is 16.2 Å². The van der Waals surface area contributed by atoms with E-state index < -0.39 is 11.7 Å². The van der Waals surface area contributed by atoms with Crippen molar-refractivity contribution in [1.82, 2.24) is 10.2 Å². The maximum absolute atomic E-state index is 14.7. The maximum Gasteiger partial charge on any atom is 0.269 e. The minimum absolute atomic E-state index is 0.0845. The molecule has 7 heteroatoms. The van der Waals surface area contributed by atoms with Gasteiger partial charge in [-0.25, -0.2) is 4.39 Å². The zero-order chi connectivity index (χ0) is 18.0. The molecule has 0 spiro atoms. The molecule has 3 aromatic rings. The van der Waals surface area contributed by atoms with E-state index in [1.807, 2.05) is 0 Å². The van der Waals surface area contributed by atoms with Gasteiger partial charge in [-0.1, -0.05) is 30.3 Å². The van der Waals surface area contributed by atoms with E-state index in [2.05, 4.69) is 10.2 Å². The Morgan fingerprint density at radius 2 is 1.88 bits per heavy atom. The van der Waals surface area contributed by atoms with Gasteiger partial charge in [0.15, 0.2) is 17.3 Å². The minimum atomic E-state index is -0.671. The van der Waals surface area contributed by atoms with Gasteiger partial charge in [0.05, 0.1) is 7.11 Å². The molecule has 0 atom stereocenters. The first kappa shape index (κ1) is 16.8. The van der Waals surface area contributed by atoms with Crippen LogP contribution in [0.5, 0.6) is 5.75 Å². The smallest absolute Gasteiger partial charge is 0.269 e. The van der Waals surface area contributed by atoms with E-state index in [0.717, 1.165) is 0 Å². The number of hydrogen-bond acceptors (Lipinski definition) is 5. The molecule has 0 saturated heterocycles. The number of carbonyl (C=O) groups excluding carboxylic acids is 1. The van der Waals surface area contributed by atoms with Crippen LogP contribution in [0.25, 0.3) is 22.0 Å². The van der Waals surface area contributed by atoms with Crippen LogP contribution in [0, 0.1) is 5.82 Å². The number of hydrogen-bond donors (Lipinski definition) is 2. The van der Waals surface area contributed by atoms with Crippen molar-refractivity contribution >= 4 is 16.8 Å². The van der Waals surface area contributed by atoms with Crippen molar-refractivity contribution in [3.63, 3.8) is 0 Å². The Kier molecular flexibility index (Phi) is 4.58. The summed E-state index contributed by atoms with van der Waals surface area (Å²) in [5, 5.41) is 8.74. The average Bonchev–Trinajstić information content (AvgIpc) is 2.62. The number of nitrogens with zero attached hydrogens (tertiary/aromatic N) is 2. The summed E-state index contributed by atoms with van der Waals surface area (Å²) >= 11 is 0. The van der Waals surface area contributed by atoms with Crippen molar-refractivity contribution in [2.45, 2.75) is 6.42 Å². The molecular weight excluding hydrogens is 323 g/mol. The summed E-state index contributed by atoms with van der Waals surface area (Å²) in [5.74, 6) is -1.02. The summed E-state index contributed by atoms with van der Waals surface area (Å²) in [6, 6.07) is 10.2. The number of nitrogens with two attached hydrogens (primary N) is 2. The van der Waals surface area contributed by atoms with E-state index in [1.165, 1.54) is 7.11 Å². The summed E-state index contributed by atoms with van der Waals surface area (Å²) in [6.45, 7) is 0.318. The molecule has 0 fully saturated rings. The number of benzene rings is 2. The number of ether oxygens (including phenoxy) is 1. The molecule has 1 heterocycles. The second-order valence-corrected chi connectivity index (χ2v) is 5.45. The molecule has 1 aromatic heterocycles. The predicted octanol–water partition coefficient (Wildman–Crippen LogP) is 2.04. The number of rotatable bonds is 5. The van der Waals surface area contributed by atoms with Crippen molar-refractivity contribution in [1.29, 1.82) is 0 Å². The van der Waals surface area contributed by atoms with Gasteiger partial charge >= 0.3 is 0 Å². The molecule has 4 N–H and O–H groups in total. The first-order valence-corrected chi connectivity index (χ1v) is 7.69. The van der Waals surface area contributed by atoms with Crippen molar-refractivity contribution < 1.29 is 13.9 Å². The zero-order valence-corrected chi connectivity index (χ0v) is 13.6. The highest BCUT2D eigenvalue weighted by atomic mass is 19.1. The molecule has 0 aliphatic rings. The third-order valence-corrected chi connectivity index (χ3v) is 4.00. The number of carbonyl (C=O) groups is 1. The SMILES string of the molecule is COc1cccc(-c2cccc3c(CCN)c(C(N)=O)nnc23)c1F. The molecular formula is C18H17FN4O2. The number of aromatic nitrogens is 2. The Balaban J connectivity index is 2.32. The summed E-state index contributed by atoms with van der Waals surface area (Å²) in [6.07, 6.45) is 0.411. The van der Waals surface area contributed by atoms with Crippen LogP contribution >= 0.6 is 0 Å². The van der Waals surface area contributed by atoms with Gasteiger partial charge in [-0.05, 0) is 24.6 Å². The van der Waals surface area contributed by atoms with Crippen LogP contribution in [0.15, 0.2) is 36.4 Å². The van der Waals surface area contributed by atoms with Crippen molar-refractivity contribution in [3.05, 3.63) is 53.5 Å². The molecule has 0 aliphatic heterocycles. The van der Waals surface area contributed by atoms with Crippen molar-refractivity contribution in [2.75, 3.05) is 13.7 Å². The van der Waals surface area contributed by atoms with E-state index >= 15 is 0 Å². The molecule has 0 saturated carbocycles. The van der Waals surface area contributed by atoms with Crippen LogP contribution < -0.4 is 16.2 Å². The molecule has 128 valence electrons. The van der Waals surface area contributed by atoms with Crippen LogP contribution in [0.4, 0.5) is 4.39 Å². The minimum Gasteiger partial charge on any atom is -0.494 e. The molecule has 0 unspecified atom stereocenters. The number of halogens is 1. The fourth-order valence-corrected chi connectivity index (χ4v) is 2.87. The second kappa shape index (κ2) is 6.82. The Morgan fingerprint density at radius 3 is 2.56 bits per heavy atom. The first-order chi connectivity index (χ1) is 12.1. The summed E-state index contributed by atoms with van der Waals surface area (Å²) in [5.41, 5.74) is 13.1. The largest absolute Gasteiger partial charge is 0.494 e. The van der Waals surface area contributed by atoms with Crippen molar-refractivity contribution in [3.8, 4) is 16.9 Å². The molecule has 1 amide bonds. The van der Waals surface area contributed by atoms with Gasteiger partial charge in [0.25, 0.3) is 5.91 Å². The van der Waals surface area contributed by atoms with Crippen LogP contribution in [-0.4, -0.2) is 29.8 Å². The molecule has 0 bridgehead atoms. The van der Waals surface area contributed by atoms with Gasteiger partial charge in [-0.3, -0.25) is 4.79 Å². The number of methoxy groups -OCH3 is 1. The highest BCUT2D eigenvalue weighted by molar-refractivity contribution is 6.01. The Morgan fingerprint density at radius 1 is 1.16 bits per heavy atom. The monoisotopic (exact) mass is 340 g/mol. The van der Waals surface area contributed by atoms with Crippen molar-refractivity contribution in [2.24, 2.45) is 11.5 Å². The van der Waals surface area contributed by atoms with Gasteiger partial charge in [0.2, 0.25) is 0 Å². The standard InChI is InChI=1S/C18H17FN4O2/c1-25-14-7-3-4-10(15(14)19)11-5-2-6-12-13(8-9-20)17(18(21)24)23-22-16(11)12/h2-7H,8-9,20H2,1H3,(H2,21,24). The molecule has 6 nitrogen and oxygen atoms in total. The first-order valence-electron chi connectivity index (χ1n) is 7.69.